The largest absolute Gasteiger partial charge is 3.00 e. The number of halogens is 2. The first-order chi connectivity index (χ1) is 4.18. The van der Waals surface area contributed by atoms with E-state index in [0.29, 0.717) is 5.56 Å². The fraction of sp³-hybridized carbons (Fsp3) is 0.143. The maximum Gasteiger partial charge on any atom is 3.00 e. The molecule has 0 spiro atoms. The van der Waals surface area contributed by atoms with E-state index in [0.717, 1.165) is 6.07 Å². The summed E-state index contributed by atoms with van der Waals surface area (Å²) in [4.78, 5) is 0. The predicted molar refractivity (Wildman–Crippen MR) is 29.9 cm³/mol. The summed E-state index contributed by atoms with van der Waals surface area (Å²) < 4.78 is 24.3. The molecule has 1 aromatic rings. The summed E-state index contributed by atoms with van der Waals surface area (Å²) in [5.74, 6) is -1.20. The van der Waals surface area contributed by atoms with Crippen LogP contribution in [0.5, 0.6) is 0 Å². The molecule has 0 aliphatic heterocycles. The average Bonchev–Trinajstić information content (AvgIpc) is 1.59. The van der Waals surface area contributed by atoms with E-state index in [1.165, 1.54) is 6.07 Å². The molecule has 3 heteroatoms. The van der Waals surface area contributed by atoms with Gasteiger partial charge in [0.1, 0.15) is 0 Å². The molecule has 0 heterocycles. The predicted octanol–water partition coefficient (Wildman–Crippen LogP) is 2.07. The SMILES string of the molecule is Cc1[c-]c(F)cc(F)c1.[Y+3]. The molecular formula is C7H5F2Y+2. The van der Waals surface area contributed by atoms with Gasteiger partial charge in [0.2, 0.25) is 0 Å². The van der Waals surface area contributed by atoms with Gasteiger partial charge in [-0.25, -0.2) is 8.78 Å². The minimum absolute atomic E-state index is 0. The number of benzene rings is 1. The van der Waals surface area contributed by atoms with Crippen LogP contribution in [-0.4, -0.2) is 0 Å². The van der Waals surface area contributed by atoms with E-state index in [2.05, 4.69) is 6.07 Å². The molecule has 1 rings (SSSR count). The van der Waals surface area contributed by atoms with E-state index in [9.17, 15) is 8.78 Å². The number of hydrogen-bond donors (Lipinski definition) is 0. The molecule has 0 aliphatic rings. The Morgan fingerprint density at radius 3 is 2.30 bits per heavy atom. The van der Waals surface area contributed by atoms with E-state index in [1.54, 1.807) is 6.92 Å². The summed E-state index contributed by atoms with van der Waals surface area (Å²) in [6.07, 6.45) is 0. The summed E-state index contributed by atoms with van der Waals surface area (Å²) in [5.41, 5.74) is 0.479. The van der Waals surface area contributed by atoms with Gasteiger partial charge in [-0.3, -0.25) is 0 Å². The van der Waals surface area contributed by atoms with Crippen molar-refractivity contribution in [2.45, 2.75) is 6.92 Å². The van der Waals surface area contributed by atoms with Gasteiger partial charge in [0.05, 0.1) is 0 Å². The van der Waals surface area contributed by atoms with Crippen LogP contribution in [0.2, 0.25) is 0 Å². The van der Waals surface area contributed by atoms with Crippen molar-refractivity contribution in [3.05, 3.63) is 35.4 Å². The molecule has 10 heavy (non-hydrogen) atoms. The van der Waals surface area contributed by atoms with Crippen molar-refractivity contribution in [2.24, 2.45) is 0 Å². The molecule has 1 aromatic carbocycles. The Hall–Kier alpha value is 0.184. The zero-order valence-corrected chi connectivity index (χ0v) is 8.33. The van der Waals surface area contributed by atoms with Gasteiger partial charge < -0.3 is 0 Å². The summed E-state index contributed by atoms with van der Waals surface area (Å²) in [6, 6.07) is 4.33. The summed E-state index contributed by atoms with van der Waals surface area (Å²) in [6.45, 7) is 1.59. The van der Waals surface area contributed by atoms with Crippen molar-refractivity contribution < 1.29 is 41.5 Å². The van der Waals surface area contributed by atoms with Crippen LogP contribution in [0.3, 0.4) is 0 Å². The van der Waals surface area contributed by atoms with Gasteiger partial charge in [-0.15, -0.1) is 18.2 Å². The van der Waals surface area contributed by atoms with Crippen LogP contribution in [-0.2, 0) is 32.7 Å². The van der Waals surface area contributed by atoms with Crippen LogP contribution in [0.4, 0.5) is 8.78 Å². The first kappa shape index (κ1) is 10.2. The van der Waals surface area contributed by atoms with Crippen LogP contribution in [0.1, 0.15) is 5.56 Å². The van der Waals surface area contributed by atoms with Crippen molar-refractivity contribution in [3.8, 4) is 0 Å². The molecular weight excluding hydrogens is 211 g/mol. The molecule has 0 radical (unpaired) electrons. The second-order valence-electron chi connectivity index (χ2n) is 1.83. The molecule has 0 saturated heterocycles. The zero-order chi connectivity index (χ0) is 6.85. The Bertz CT molecular complexity index is 172. The van der Waals surface area contributed by atoms with Crippen molar-refractivity contribution >= 4 is 0 Å². The third kappa shape index (κ3) is 2.85. The monoisotopic (exact) mass is 216 g/mol. The van der Waals surface area contributed by atoms with Gasteiger partial charge in [-0.2, -0.15) is 5.56 Å². The molecule has 0 unspecified atom stereocenters. The summed E-state index contributed by atoms with van der Waals surface area (Å²) >= 11 is 0. The maximum absolute atomic E-state index is 12.2. The van der Waals surface area contributed by atoms with E-state index in [-0.39, 0.29) is 32.7 Å². The number of rotatable bonds is 0. The number of aryl methyl sites for hydroxylation is 1. The second kappa shape index (κ2) is 4.14. The van der Waals surface area contributed by atoms with E-state index in [4.69, 9.17) is 0 Å². The Kier molecular flexibility index (Phi) is 4.22. The Morgan fingerprint density at radius 2 is 1.90 bits per heavy atom. The Morgan fingerprint density at radius 1 is 1.30 bits per heavy atom. The quantitative estimate of drug-likeness (QED) is 0.582. The minimum atomic E-state index is -0.646. The minimum Gasteiger partial charge on any atom is -0.236 e. The molecule has 0 bridgehead atoms. The van der Waals surface area contributed by atoms with E-state index in [1.807, 2.05) is 0 Å². The van der Waals surface area contributed by atoms with Crippen molar-refractivity contribution in [2.75, 3.05) is 0 Å². The van der Waals surface area contributed by atoms with Gasteiger partial charge in [-0.1, -0.05) is 6.92 Å². The van der Waals surface area contributed by atoms with Gasteiger partial charge >= 0.3 is 32.7 Å². The standard InChI is InChI=1S/C7H5F2.Y/c1-5-2-6(8)4-7(9)3-5;/h2,4H,1H3;/q-1;+3. The van der Waals surface area contributed by atoms with Gasteiger partial charge in [0, 0.05) is 11.6 Å². The van der Waals surface area contributed by atoms with E-state index >= 15 is 0 Å². The molecule has 0 aliphatic carbocycles. The average molecular weight is 216 g/mol. The molecule has 0 nitrogen and oxygen atoms in total. The van der Waals surface area contributed by atoms with Crippen LogP contribution in [0, 0.1) is 24.6 Å². The van der Waals surface area contributed by atoms with Crippen LogP contribution in [0.15, 0.2) is 12.1 Å². The topological polar surface area (TPSA) is 0 Å². The van der Waals surface area contributed by atoms with E-state index < -0.39 is 11.6 Å². The van der Waals surface area contributed by atoms with Gasteiger partial charge in [-0.05, 0) is 0 Å². The Balaban J connectivity index is 0.000000810. The first-order valence-corrected chi connectivity index (χ1v) is 2.53. The molecule has 0 atom stereocenters. The molecule has 48 valence electrons. The fourth-order valence-corrected chi connectivity index (χ4v) is 0.630. The molecule has 0 amide bonds. The van der Waals surface area contributed by atoms with Crippen molar-refractivity contribution in [3.63, 3.8) is 0 Å². The first-order valence-electron chi connectivity index (χ1n) is 2.53. The molecule has 0 fully saturated rings. The summed E-state index contributed by atoms with van der Waals surface area (Å²) in [7, 11) is 0. The van der Waals surface area contributed by atoms with Crippen molar-refractivity contribution in [1.29, 1.82) is 0 Å². The molecule has 0 N–H and O–H groups in total. The maximum atomic E-state index is 12.2. The van der Waals surface area contributed by atoms with Crippen LogP contribution in [0.25, 0.3) is 0 Å². The zero-order valence-electron chi connectivity index (χ0n) is 5.49. The smallest absolute Gasteiger partial charge is 0.236 e. The molecule has 0 saturated carbocycles. The van der Waals surface area contributed by atoms with Gasteiger partial charge in [0.15, 0.2) is 0 Å². The van der Waals surface area contributed by atoms with Crippen LogP contribution >= 0.6 is 0 Å². The van der Waals surface area contributed by atoms with Crippen molar-refractivity contribution in [1.82, 2.24) is 0 Å². The molecule has 0 aromatic heterocycles. The number of hydrogen-bond acceptors (Lipinski definition) is 0. The Labute approximate surface area is 83.5 Å². The van der Waals surface area contributed by atoms with Crippen LogP contribution < -0.4 is 0 Å². The third-order valence-corrected chi connectivity index (χ3v) is 0.936. The normalized spacial score (nSPS) is 8.70. The third-order valence-electron chi connectivity index (χ3n) is 0.936. The summed E-state index contributed by atoms with van der Waals surface area (Å²) in [5, 5.41) is 0. The second-order valence-corrected chi connectivity index (χ2v) is 1.83. The van der Waals surface area contributed by atoms with Gasteiger partial charge in [0.25, 0.3) is 0 Å². The fourth-order valence-electron chi connectivity index (χ4n) is 0.630.